The summed E-state index contributed by atoms with van der Waals surface area (Å²) in [6.07, 6.45) is 0.296. The fraction of sp³-hybridized carbons (Fsp3) is 0.300. The second-order valence-electron chi connectivity index (χ2n) is 3.16. The molecule has 0 heterocycles. The van der Waals surface area contributed by atoms with Crippen LogP contribution < -0.4 is 0 Å². The van der Waals surface area contributed by atoms with Gasteiger partial charge in [-0.2, -0.15) is 0 Å². The van der Waals surface area contributed by atoms with Gasteiger partial charge in [0.2, 0.25) is 0 Å². The number of hydrogen-bond donors (Lipinski definition) is 0. The predicted molar refractivity (Wildman–Crippen MR) is 44.9 cm³/mol. The van der Waals surface area contributed by atoms with Crippen molar-refractivity contribution in [3.05, 3.63) is 40.7 Å². The van der Waals surface area contributed by atoms with Gasteiger partial charge in [-0.05, 0) is 18.1 Å². The van der Waals surface area contributed by atoms with E-state index in [1.807, 2.05) is 0 Å². The highest BCUT2D eigenvalue weighted by Gasteiger charge is 2.38. The van der Waals surface area contributed by atoms with E-state index in [2.05, 4.69) is 4.85 Å². The second-order valence-corrected chi connectivity index (χ2v) is 3.16. The Morgan fingerprint density at radius 1 is 1.38 bits per heavy atom. The summed E-state index contributed by atoms with van der Waals surface area (Å²) in [6.45, 7) is 6.72. The second kappa shape index (κ2) is 2.53. The smallest absolute Gasteiger partial charge is 0.238 e. The summed E-state index contributed by atoms with van der Waals surface area (Å²) in [5.74, 6) is -2.73. The Bertz CT molecular complexity index is 390. The van der Waals surface area contributed by atoms with Crippen LogP contribution in [0.3, 0.4) is 0 Å². The highest BCUT2D eigenvalue weighted by atomic mass is 19.3. The van der Waals surface area contributed by atoms with Crippen LogP contribution in [0.4, 0.5) is 14.5 Å². The third-order valence-corrected chi connectivity index (χ3v) is 2.32. The molecule has 0 saturated carbocycles. The lowest BCUT2D eigenvalue weighted by atomic mass is 10.1. The van der Waals surface area contributed by atoms with E-state index in [0.717, 1.165) is 0 Å². The Kier molecular flexibility index (Phi) is 1.59. The number of fused-ring (bicyclic) bond motifs is 1. The first-order chi connectivity index (χ1) is 6.13. The fourth-order valence-corrected chi connectivity index (χ4v) is 1.62. The molecule has 3 heteroatoms. The Morgan fingerprint density at radius 3 is 2.85 bits per heavy atom. The van der Waals surface area contributed by atoms with Gasteiger partial charge < -0.3 is 0 Å². The van der Waals surface area contributed by atoms with Gasteiger partial charge in [0, 0.05) is 12.0 Å². The minimum Gasteiger partial charge on any atom is -0.238 e. The first kappa shape index (κ1) is 8.18. The van der Waals surface area contributed by atoms with E-state index in [9.17, 15) is 8.78 Å². The van der Waals surface area contributed by atoms with Crippen LogP contribution in [0.2, 0.25) is 0 Å². The standard InChI is InChI=1S/C10H7F2N/c1-13-8-3-2-7-4-5-10(11,12)9(7)6-8/h2-3,6H,4-5H2. The summed E-state index contributed by atoms with van der Waals surface area (Å²) >= 11 is 0. The maximum Gasteiger partial charge on any atom is 0.272 e. The summed E-state index contributed by atoms with van der Waals surface area (Å²) in [6, 6.07) is 4.52. The largest absolute Gasteiger partial charge is 0.272 e. The first-order valence-corrected chi connectivity index (χ1v) is 4.02. The molecule has 0 spiro atoms. The van der Waals surface area contributed by atoms with Crippen LogP contribution in [0.25, 0.3) is 4.85 Å². The number of hydrogen-bond acceptors (Lipinski definition) is 0. The van der Waals surface area contributed by atoms with E-state index in [4.69, 9.17) is 6.57 Å². The molecule has 0 N–H and O–H groups in total. The average Bonchev–Trinajstić information content (AvgIpc) is 2.42. The minimum atomic E-state index is -2.73. The lowest BCUT2D eigenvalue weighted by molar-refractivity contribution is -0.00178. The van der Waals surface area contributed by atoms with Crippen LogP contribution in [-0.2, 0) is 12.3 Å². The SMILES string of the molecule is [C-]#[N+]c1ccc2c(c1)C(F)(F)CC2. The molecule has 0 fully saturated rings. The van der Waals surface area contributed by atoms with Crippen molar-refractivity contribution in [2.24, 2.45) is 0 Å². The van der Waals surface area contributed by atoms with Gasteiger partial charge in [0.25, 0.3) is 5.92 Å². The highest BCUT2D eigenvalue weighted by molar-refractivity contribution is 5.52. The molecule has 66 valence electrons. The average molecular weight is 179 g/mol. The molecule has 1 aromatic rings. The molecular weight excluding hydrogens is 172 g/mol. The fourth-order valence-electron chi connectivity index (χ4n) is 1.62. The van der Waals surface area contributed by atoms with Crippen molar-refractivity contribution in [1.82, 2.24) is 0 Å². The third kappa shape index (κ3) is 1.19. The van der Waals surface area contributed by atoms with Crippen molar-refractivity contribution in [1.29, 1.82) is 0 Å². The van der Waals surface area contributed by atoms with Gasteiger partial charge >= 0.3 is 0 Å². The number of nitrogens with zero attached hydrogens (tertiary/aromatic N) is 1. The van der Waals surface area contributed by atoms with Gasteiger partial charge in [-0.1, -0.05) is 12.1 Å². The molecule has 1 aliphatic rings. The molecule has 0 bridgehead atoms. The zero-order valence-electron chi connectivity index (χ0n) is 6.85. The van der Waals surface area contributed by atoms with Crippen molar-refractivity contribution >= 4 is 5.69 Å². The quantitative estimate of drug-likeness (QED) is 0.538. The molecule has 1 aromatic carbocycles. The predicted octanol–water partition coefficient (Wildman–Crippen LogP) is 3.28. The first-order valence-electron chi connectivity index (χ1n) is 4.02. The number of rotatable bonds is 0. The van der Waals surface area contributed by atoms with Crippen LogP contribution in [0.15, 0.2) is 18.2 Å². The topological polar surface area (TPSA) is 4.36 Å². The van der Waals surface area contributed by atoms with E-state index >= 15 is 0 Å². The maximum atomic E-state index is 13.2. The van der Waals surface area contributed by atoms with Crippen LogP contribution in [0, 0.1) is 6.57 Å². The lowest BCUT2D eigenvalue weighted by Gasteiger charge is -2.09. The van der Waals surface area contributed by atoms with E-state index in [-0.39, 0.29) is 12.0 Å². The normalized spacial score (nSPS) is 17.9. The monoisotopic (exact) mass is 179 g/mol. The highest BCUT2D eigenvalue weighted by Crippen LogP contribution is 2.42. The number of halogens is 2. The van der Waals surface area contributed by atoms with E-state index < -0.39 is 5.92 Å². The molecule has 0 atom stereocenters. The summed E-state index contributed by atoms with van der Waals surface area (Å²) in [5.41, 5.74) is 1.01. The number of alkyl halides is 2. The number of aryl methyl sites for hydroxylation is 1. The van der Waals surface area contributed by atoms with Gasteiger partial charge in [-0.3, -0.25) is 0 Å². The van der Waals surface area contributed by atoms with Crippen molar-refractivity contribution in [2.75, 3.05) is 0 Å². The molecule has 0 unspecified atom stereocenters. The molecule has 0 radical (unpaired) electrons. The molecule has 0 aromatic heterocycles. The molecule has 1 nitrogen and oxygen atoms in total. The van der Waals surface area contributed by atoms with E-state index in [0.29, 0.717) is 17.7 Å². The van der Waals surface area contributed by atoms with Gasteiger partial charge in [0.1, 0.15) is 0 Å². The Hall–Kier alpha value is -1.43. The van der Waals surface area contributed by atoms with Crippen LogP contribution in [0.5, 0.6) is 0 Å². The lowest BCUT2D eigenvalue weighted by Crippen LogP contribution is -2.06. The van der Waals surface area contributed by atoms with Crippen molar-refractivity contribution in [3.63, 3.8) is 0 Å². The molecular formula is C10H7F2N. The zero-order chi connectivity index (χ0) is 9.47. The molecule has 2 rings (SSSR count). The van der Waals surface area contributed by atoms with Crippen molar-refractivity contribution in [3.8, 4) is 0 Å². The summed E-state index contributed by atoms with van der Waals surface area (Å²) in [5, 5.41) is 0. The summed E-state index contributed by atoms with van der Waals surface area (Å²) < 4.78 is 26.3. The Morgan fingerprint density at radius 2 is 2.15 bits per heavy atom. The van der Waals surface area contributed by atoms with Crippen LogP contribution in [0.1, 0.15) is 17.5 Å². The van der Waals surface area contributed by atoms with Crippen molar-refractivity contribution in [2.45, 2.75) is 18.8 Å². The third-order valence-electron chi connectivity index (χ3n) is 2.32. The zero-order valence-corrected chi connectivity index (χ0v) is 6.85. The Labute approximate surface area is 74.8 Å². The molecule has 1 aliphatic carbocycles. The molecule has 13 heavy (non-hydrogen) atoms. The van der Waals surface area contributed by atoms with Gasteiger partial charge in [0.05, 0.1) is 6.57 Å². The molecule has 0 saturated heterocycles. The van der Waals surface area contributed by atoms with Gasteiger partial charge in [-0.25, -0.2) is 13.6 Å². The Balaban J connectivity index is 2.57. The summed E-state index contributed by atoms with van der Waals surface area (Å²) in [4.78, 5) is 3.13. The van der Waals surface area contributed by atoms with Gasteiger partial charge in [-0.15, -0.1) is 0 Å². The van der Waals surface area contributed by atoms with Crippen molar-refractivity contribution < 1.29 is 8.78 Å². The minimum absolute atomic E-state index is 0.0426. The summed E-state index contributed by atoms with van der Waals surface area (Å²) in [7, 11) is 0. The number of benzene rings is 1. The van der Waals surface area contributed by atoms with Gasteiger partial charge in [0.15, 0.2) is 5.69 Å². The van der Waals surface area contributed by atoms with Crippen LogP contribution >= 0.6 is 0 Å². The molecule has 0 aliphatic heterocycles. The van der Waals surface area contributed by atoms with E-state index in [1.165, 1.54) is 6.07 Å². The van der Waals surface area contributed by atoms with E-state index in [1.54, 1.807) is 12.1 Å². The molecule has 0 amide bonds. The van der Waals surface area contributed by atoms with Crippen LogP contribution in [-0.4, -0.2) is 0 Å². The maximum absolute atomic E-state index is 13.2.